The van der Waals surface area contributed by atoms with Gasteiger partial charge in [-0.15, -0.1) is 0 Å². The first-order valence-corrected chi connectivity index (χ1v) is 10.5. The van der Waals surface area contributed by atoms with E-state index in [-0.39, 0.29) is 34.6 Å². The highest BCUT2D eigenvalue weighted by molar-refractivity contribution is 5.91. The summed E-state index contributed by atoms with van der Waals surface area (Å²) in [5.74, 6) is -0.979. The number of ether oxygens (including phenoxy) is 3. The average Bonchev–Trinajstić information content (AvgIpc) is 2.72. The fourth-order valence-electron chi connectivity index (χ4n) is 3.30. The van der Waals surface area contributed by atoms with Gasteiger partial charge in [-0.25, -0.2) is 0 Å². The smallest absolute Gasteiger partial charge is 0.308 e. The van der Waals surface area contributed by atoms with Gasteiger partial charge in [-0.05, 0) is 44.5 Å². The van der Waals surface area contributed by atoms with Gasteiger partial charge in [0.05, 0.1) is 0 Å². The molecule has 0 aliphatic rings. The topological polar surface area (TPSA) is 109 Å². The van der Waals surface area contributed by atoms with Crippen molar-refractivity contribution in [3.8, 4) is 28.6 Å². The van der Waals surface area contributed by atoms with Crippen LogP contribution < -0.4 is 19.6 Å². The molecular weight excluding hydrogens is 440 g/mol. The summed E-state index contributed by atoms with van der Waals surface area (Å²) in [4.78, 5) is 47.9. The second-order valence-corrected chi connectivity index (χ2v) is 7.82. The zero-order valence-electron chi connectivity index (χ0n) is 19.5. The normalized spacial score (nSPS) is 10.5. The summed E-state index contributed by atoms with van der Waals surface area (Å²) in [6.45, 7) is 7.55. The fraction of sp³-hybridized carbons (Fsp3) is 0.231. The molecule has 0 aliphatic heterocycles. The van der Waals surface area contributed by atoms with Crippen molar-refractivity contribution in [2.24, 2.45) is 0 Å². The van der Waals surface area contributed by atoms with Crippen LogP contribution in [0.5, 0.6) is 17.2 Å². The van der Waals surface area contributed by atoms with Crippen LogP contribution >= 0.6 is 0 Å². The van der Waals surface area contributed by atoms with Gasteiger partial charge >= 0.3 is 17.9 Å². The van der Waals surface area contributed by atoms with Crippen molar-refractivity contribution in [2.75, 3.05) is 0 Å². The third kappa shape index (κ3) is 5.78. The van der Waals surface area contributed by atoms with E-state index in [0.29, 0.717) is 16.9 Å². The summed E-state index contributed by atoms with van der Waals surface area (Å²) >= 11 is 0. The second-order valence-electron chi connectivity index (χ2n) is 7.82. The van der Waals surface area contributed by atoms with E-state index < -0.39 is 23.3 Å². The van der Waals surface area contributed by atoms with Crippen LogP contribution in [0.25, 0.3) is 22.3 Å². The third-order valence-electron chi connectivity index (χ3n) is 4.65. The summed E-state index contributed by atoms with van der Waals surface area (Å²) in [6, 6.07) is 9.12. The molecule has 0 aliphatic carbocycles. The number of hydrogen-bond acceptors (Lipinski definition) is 8. The van der Waals surface area contributed by atoms with E-state index in [1.807, 2.05) is 19.9 Å². The fourth-order valence-corrected chi connectivity index (χ4v) is 3.30. The lowest BCUT2D eigenvalue weighted by molar-refractivity contribution is -0.133. The minimum Gasteiger partial charge on any atom is -0.456 e. The lowest BCUT2D eigenvalue weighted by Crippen LogP contribution is -2.12. The molecule has 0 fully saturated rings. The number of rotatable bonds is 6. The highest BCUT2D eigenvalue weighted by Crippen LogP contribution is 2.38. The Balaban J connectivity index is 2.25. The van der Waals surface area contributed by atoms with Gasteiger partial charge in [0.25, 0.3) is 0 Å². The van der Waals surface area contributed by atoms with Crippen LogP contribution in [0.15, 0.2) is 57.3 Å². The van der Waals surface area contributed by atoms with Crippen LogP contribution in [0.1, 0.15) is 40.2 Å². The second kappa shape index (κ2) is 10.2. The molecule has 0 saturated heterocycles. The van der Waals surface area contributed by atoms with Crippen LogP contribution in [-0.4, -0.2) is 17.9 Å². The Morgan fingerprint density at radius 2 is 1.47 bits per heavy atom. The molecule has 0 amide bonds. The molecule has 8 nitrogen and oxygen atoms in total. The van der Waals surface area contributed by atoms with E-state index in [1.54, 1.807) is 24.3 Å². The monoisotopic (exact) mass is 464 g/mol. The molecule has 0 unspecified atom stereocenters. The summed E-state index contributed by atoms with van der Waals surface area (Å²) in [7, 11) is 0. The number of esters is 3. The molecule has 0 bridgehead atoms. The number of fused-ring (bicyclic) bond motifs is 1. The number of carbonyl (C=O) groups is 3. The van der Waals surface area contributed by atoms with Crippen molar-refractivity contribution in [3.05, 3.63) is 63.8 Å². The predicted octanol–water partition coefficient (Wildman–Crippen LogP) is 4.74. The molecule has 0 atom stereocenters. The molecule has 8 heteroatoms. The van der Waals surface area contributed by atoms with Crippen molar-refractivity contribution < 1.29 is 33.0 Å². The maximum atomic E-state index is 13.2. The Morgan fingerprint density at radius 3 is 2.03 bits per heavy atom. The molecule has 1 aromatic heterocycles. The minimum absolute atomic E-state index is 0.00995. The van der Waals surface area contributed by atoms with Gasteiger partial charge in [-0.3, -0.25) is 19.2 Å². The van der Waals surface area contributed by atoms with Crippen LogP contribution in [0, 0.1) is 0 Å². The molecule has 0 spiro atoms. The third-order valence-corrected chi connectivity index (χ3v) is 4.65. The number of hydrogen-bond donors (Lipinski definition) is 0. The van der Waals surface area contributed by atoms with Crippen LogP contribution in [0.4, 0.5) is 0 Å². The Bertz CT molecular complexity index is 1360. The van der Waals surface area contributed by atoms with Crippen molar-refractivity contribution in [3.63, 3.8) is 0 Å². The molecule has 176 valence electrons. The quantitative estimate of drug-likeness (QED) is 0.292. The van der Waals surface area contributed by atoms with Gasteiger partial charge in [0.2, 0.25) is 0 Å². The Hall–Kier alpha value is -4.20. The Labute approximate surface area is 195 Å². The van der Waals surface area contributed by atoms with E-state index in [2.05, 4.69) is 0 Å². The predicted molar refractivity (Wildman–Crippen MR) is 125 cm³/mol. The Morgan fingerprint density at radius 1 is 0.853 bits per heavy atom. The van der Waals surface area contributed by atoms with Crippen LogP contribution in [-0.2, 0) is 20.8 Å². The van der Waals surface area contributed by atoms with E-state index in [4.69, 9.17) is 18.6 Å². The SMILES string of the molecule is CC(=O)Oc1ccc(-c2cc(=O)c3c(OC(C)=O)c(CC=C(C)C)c(OC(C)=O)cc3o2)cc1. The zero-order chi connectivity index (χ0) is 25.0. The van der Waals surface area contributed by atoms with Gasteiger partial charge in [-0.2, -0.15) is 0 Å². The molecule has 1 heterocycles. The summed E-state index contributed by atoms with van der Waals surface area (Å²) in [5.41, 5.74) is 1.56. The number of carbonyl (C=O) groups excluding carboxylic acids is 3. The van der Waals surface area contributed by atoms with Gasteiger partial charge in [-0.1, -0.05) is 11.6 Å². The molecule has 2 aromatic carbocycles. The minimum atomic E-state index is -0.635. The van der Waals surface area contributed by atoms with E-state index in [1.165, 1.54) is 32.9 Å². The number of benzene rings is 2. The lowest BCUT2D eigenvalue weighted by atomic mass is 10.0. The van der Waals surface area contributed by atoms with Gasteiger partial charge in [0, 0.05) is 44.0 Å². The van der Waals surface area contributed by atoms with E-state index >= 15 is 0 Å². The molecule has 0 saturated carbocycles. The van der Waals surface area contributed by atoms with E-state index in [9.17, 15) is 19.2 Å². The first-order chi connectivity index (χ1) is 16.0. The van der Waals surface area contributed by atoms with Crippen LogP contribution in [0.2, 0.25) is 0 Å². The largest absolute Gasteiger partial charge is 0.456 e. The first kappa shape index (κ1) is 24.4. The molecule has 0 radical (unpaired) electrons. The van der Waals surface area contributed by atoms with Gasteiger partial charge in [0.15, 0.2) is 11.2 Å². The summed E-state index contributed by atoms with van der Waals surface area (Å²) < 4.78 is 21.8. The number of allylic oxidation sites excluding steroid dienone is 2. The average molecular weight is 464 g/mol. The van der Waals surface area contributed by atoms with Gasteiger partial charge in [0.1, 0.15) is 28.2 Å². The zero-order valence-corrected chi connectivity index (χ0v) is 19.5. The van der Waals surface area contributed by atoms with Crippen molar-refractivity contribution in [1.82, 2.24) is 0 Å². The van der Waals surface area contributed by atoms with Crippen LogP contribution in [0.3, 0.4) is 0 Å². The molecular formula is C26H24O8. The van der Waals surface area contributed by atoms with Crippen molar-refractivity contribution >= 4 is 28.9 Å². The van der Waals surface area contributed by atoms with Crippen molar-refractivity contribution in [1.29, 1.82) is 0 Å². The highest BCUT2D eigenvalue weighted by atomic mass is 16.5. The lowest BCUT2D eigenvalue weighted by Gasteiger charge is -2.15. The highest BCUT2D eigenvalue weighted by Gasteiger charge is 2.22. The molecule has 34 heavy (non-hydrogen) atoms. The molecule has 3 rings (SSSR count). The summed E-state index contributed by atoms with van der Waals surface area (Å²) in [6.07, 6.45) is 2.13. The Kier molecular flexibility index (Phi) is 7.31. The molecule has 0 N–H and O–H groups in total. The maximum Gasteiger partial charge on any atom is 0.308 e. The standard InChI is InChI=1S/C26H24O8/c1-14(2)6-11-20-23(32-16(4)28)13-24-25(26(20)33-17(5)29)21(30)12-22(34-24)18-7-9-19(10-8-18)31-15(3)27/h6-10,12-13H,11H2,1-5H3. The maximum absolute atomic E-state index is 13.2. The first-order valence-electron chi connectivity index (χ1n) is 10.5. The van der Waals surface area contributed by atoms with Crippen molar-refractivity contribution in [2.45, 2.75) is 41.0 Å². The summed E-state index contributed by atoms with van der Waals surface area (Å²) in [5, 5.41) is 0.0588. The molecule has 3 aromatic rings. The van der Waals surface area contributed by atoms with Gasteiger partial charge < -0.3 is 18.6 Å². The van der Waals surface area contributed by atoms with E-state index in [0.717, 1.165) is 5.57 Å².